The van der Waals surface area contributed by atoms with Crippen LogP contribution >= 0.6 is 0 Å². The number of carbonyl (C=O) groups excluding carboxylic acids is 2. The molecule has 0 saturated heterocycles. The molecule has 3 rings (SSSR count). The van der Waals surface area contributed by atoms with E-state index in [4.69, 9.17) is 14.2 Å². The van der Waals surface area contributed by atoms with Crippen LogP contribution in [0, 0.1) is 0 Å². The van der Waals surface area contributed by atoms with Crippen molar-refractivity contribution in [1.82, 2.24) is 19.9 Å². The molecule has 1 aromatic carbocycles. The van der Waals surface area contributed by atoms with Gasteiger partial charge in [-0.25, -0.2) is 0 Å². The highest BCUT2D eigenvalue weighted by Crippen LogP contribution is 2.34. The van der Waals surface area contributed by atoms with Gasteiger partial charge < -0.3 is 19.1 Å². The van der Waals surface area contributed by atoms with Gasteiger partial charge in [-0.3, -0.25) is 14.6 Å². The normalized spacial score (nSPS) is 11.2. The summed E-state index contributed by atoms with van der Waals surface area (Å²) in [5, 5.41) is 0. The maximum atomic E-state index is 13.7. The van der Waals surface area contributed by atoms with Crippen molar-refractivity contribution in [3.05, 3.63) is 65.2 Å². The van der Waals surface area contributed by atoms with E-state index in [1.807, 2.05) is 0 Å². The topological polar surface area (TPSA) is 104 Å². The van der Waals surface area contributed by atoms with Crippen molar-refractivity contribution in [2.45, 2.75) is 53.3 Å². The zero-order valence-corrected chi connectivity index (χ0v) is 23.5. The van der Waals surface area contributed by atoms with Crippen LogP contribution in [-0.2, 0) is 39.9 Å². The van der Waals surface area contributed by atoms with Gasteiger partial charge in [0, 0.05) is 31.0 Å². The lowest BCUT2D eigenvalue weighted by molar-refractivity contribution is -0.142. The Morgan fingerprint density at radius 2 is 1.56 bits per heavy atom. The Kier molecular flexibility index (Phi) is 11.0. The molecule has 0 aliphatic heterocycles. The highest BCUT2D eigenvalue weighted by molar-refractivity contribution is 5.79. The van der Waals surface area contributed by atoms with Crippen LogP contribution in [0.15, 0.2) is 42.7 Å². The summed E-state index contributed by atoms with van der Waals surface area (Å²) in [5.41, 5.74) is 0.934. The first-order chi connectivity index (χ1) is 19.6. The Labute approximate surface area is 236 Å². The van der Waals surface area contributed by atoms with Crippen molar-refractivity contribution in [3.8, 4) is 22.9 Å². The Hall–Kier alpha value is -4.22. The number of carbonyl (C=O) groups is 2. The summed E-state index contributed by atoms with van der Waals surface area (Å²) in [7, 11) is 0. The van der Waals surface area contributed by atoms with Gasteiger partial charge in [0.25, 0.3) is 0 Å². The van der Waals surface area contributed by atoms with Crippen molar-refractivity contribution in [1.29, 1.82) is 0 Å². The van der Waals surface area contributed by atoms with Crippen LogP contribution in [0.2, 0.25) is 0 Å². The molecule has 0 radical (unpaired) electrons. The van der Waals surface area contributed by atoms with E-state index in [0.29, 0.717) is 29.9 Å². The number of benzene rings is 1. The maximum Gasteiger partial charge on any atom is 0.416 e. The molecule has 9 nitrogen and oxygen atoms in total. The van der Waals surface area contributed by atoms with E-state index in [1.54, 1.807) is 33.8 Å². The molecule has 41 heavy (non-hydrogen) atoms. The van der Waals surface area contributed by atoms with Crippen LogP contribution in [0.25, 0.3) is 11.1 Å². The maximum absolute atomic E-state index is 13.7. The first kappa shape index (κ1) is 31.3. The van der Waals surface area contributed by atoms with E-state index < -0.39 is 17.7 Å². The Morgan fingerprint density at radius 1 is 0.878 bits per heavy atom. The molecule has 0 unspecified atom stereocenters. The van der Waals surface area contributed by atoms with Crippen LogP contribution < -0.4 is 9.47 Å². The number of amides is 1. The van der Waals surface area contributed by atoms with E-state index in [-0.39, 0.29) is 61.6 Å². The lowest BCUT2D eigenvalue weighted by Gasteiger charge is -2.23. The van der Waals surface area contributed by atoms with Crippen molar-refractivity contribution in [2.24, 2.45) is 0 Å². The van der Waals surface area contributed by atoms with Gasteiger partial charge in [-0.2, -0.15) is 23.1 Å². The van der Waals surface area contributed by atoms with E-state index in [1.165, 1.54) is 29.4 Å². The lowest BCUT2D eigenvalue weighted by atomic mass is 9.96. The first-order valence-electron chi connectivity index (χ1n) is 13.3. The number of pyridine rings is 1. The van der Waals surface area contributed by atoms with Gasteiger partial charge in [0.15, 0.2) is 0 Å². The van der Waals surface area contributed by atoms with Gasteiger partial charge >= 0.3 is 12.1 Å². The van der Waals surface area contributed by atoms with Crippen LogP contribution in [-0.4, -0.2) is 58.1 Å². The number of rotatable bonds is 13. The fourth-order valence-corrected chi connectivity index (χ4v) is 4.09. The van der Waals surface area contributed by atoms with Gasteiger partial charge in [-0.05, 0) is 62.6 Å². The smallest absolute Gasteiger partial charge is 0.416 e. The minimum absolute atomic E-state index is 0.0330. The third kappa shape index (κ3) is 8.89. The van der Waals surface area contributed by atoms with E-state index in [2.05, 4.69) is 15.0 Å². The van der Waals surface area contributed by atoms with Crippen molar-refractivity contribution in [2.75, 3.05) is 26.4 Å². The third-order valence-corrected chi connectivity index (χ3v) is 5.91. The summed E-state index contributed by atoms with van der Waals surface area (Å²) in [4.78, 5) is 39.4. The molecule has 1 amide bonds. The molecular formula is C29H33F3N4O5. The second-order valence-electron chi connectivity index (χ2n) is 8.84. The number of hydrogen-bond acceptors (Lipinski definition) is 8. The summed E-state index contributed by atoms with van der Waals surface area (Å²) in [6, 6.07) is 6.57. The molecule has 0 atom stereocenters. The largest absolute Gasteiger partial charge is 0.478 e. The third-order valence-electron chi connectivity index (χ3n) is 5.91. The average Bonchev–Trinajstić information content (AvgIpc) is 2.91. The van der Waals surface area contributed by atoms with Crippen LogP contribution in [0.1, 0.15) is 50.2 Å². The predicted octanol–water partition coefficient (Wildman–Crippen LogP) is 5.05. The fourth-order valence-electron chi connectivity index (χ4n) is 4.09. The van der Waals surface area contributed by atoms with E-state index in [9.17, 15) is 22.8 Å². The second kappa shape index (κ2) is 14.4. The van der Waals surface area contributed by atoms with Crippen LogP contribution in [0.4, 0.5) is 13.2 Å². The summed E-state index contributed by atoms with van der Waals surface area (Å²) in [6.45, 7) is 8.05. The highest BCUT2D eigenvalue weighted by atomic mass is 19.4. The Morgan fingerprint density at radius 3 is 2.15 bits per heavy atom. The predicted molar refractivity (Wildman–Crippen MR) is 144 cm³/mol. The first-order valence-corrected chi connectivity index (χ1v) is 13.3. The quantitative estimate of drug-likeness (QED) is 0.261. The van der Waals surface area contributed by atoms with E-state index >= 15 is 0 Å². The zero-order chi connectivity index (χ0) is 30.0. The number of likely N-dealkylation sites (N-methyl/N-ethyl adjacent to an activating group) is 1. The van der Waals surface area contributed by atoms with Crippen LogP contribution in [0.3, 0.4) is 0 Å². The number of esters is 1. The van der Waals surface area contributed by atoms with Crippen molar-refractivity contribution < 1.29 is 37.0 Å². The number of aromatic nitrogens is 3. The average molecular weight is 575 g/mol. The molecule has 12 heteroatoms. The molecule has 0 aliphatic rings. The molecule has 0 aliphatic carbocycles. The summed E-state index contributed by atoms with van der Waals surface area (Å²) in [5.74, 6) is -0.145. The highest BCUT2D eigenvalue weighted by Gasteiger charge is 2.31. The molecule has 0 saturated carbocycles. The number of hydrogen-bond donors (Lipinski definition) is 0. The summed E-state index contributed by atoms with van der Waals surface area (Å²) < 4.78 is 56.9. The number of halogens is 3. The van der Waals surface area contributed by atoms with Gasteiger partial charge in [0.1, 0.15) is 5.82 Å². The summed E-state index contributed by atoms with van der Waals surface area (Å²) >= 11 is 0. The van der Waals surface area contributed by atoms with Gasteiger partial charge in [-0.15, -0.1) is 0 Å². The molecule has 0 spiro atoms. The minimum atomic E-state index is -4.58. The minimum Gasteiger partial charge on any atom is -0.478 e. The van der Waals surface area contributed by atoms with Gasteiger partial charge in [0.05, 0.1) is 44.3 Å². The SMILES string of the molecule is CCOC(=O)Cc1cncc(-c2ccc(C(F)(F)F)cc2CN(CC)C(=O)Cc2nc(OCC)cc(OCC)n2)c1. The molecule has 2 aromatic heterocycles. The van der Waals surface area contributed by atoms with Gasteiger partial charge in [-0.1, -0.05) is 6.07 Å². The zero-order valence-electron chi connectivity index (χ0n) is 23.5. The van der Waals surface area contributed by atoms with Crippen molar-refractivity contribution >= 4 is 11.9 Å². The number of nitrogens with zero attached hydrogens (tertiary/aromatic N) is 4. The monoisotopic (exact) mass is 574 g/mol. The molecule has 0 N–H and O–H groups in total. The molecule has 0 fully saturated rings. The summed E-state index contributed by atoms with van der Waals surface area (Å²) in [6.07, 6.45) is -1.82. The number of ether oxygens (including phenoxy) is 3. The fraction of sp³-hybridized carbons (Fsp3) is 0.414. The Bertz CT molecular complexity index is 1330. The van der Waals surface area contributed by atoms with Crippen LogP contribution in [0.5, 0.6) is 11.8 Å². The van der Waals surface area contributed by atoms with E-state index in [0.717, 1.165) is 12.1 Å². The molecule has 3 aromatic rings. The lowest BCUT2D eigenvalue weighted by Crippen LogP contribution is -2.32. The second-order valence-corrected chi connectivity index (χ2v) is 8.84. The van der Waals surface area contributed by atoms with Gasteiger partial charge in [0.2, 0.25) is 17.7 Å². The Balaban J connectivity index is 1.94. The molecule has 220 valence electrons. The van der Waals surface area contributed by atoms with Crippen molar-refractivity contribution in [3.63, 3.8) is 0 Å². The molecule has 0 bridgehead atoms. The number of alkyl halides is 3. The molecular weight excluding hydrogens is 541 g/mol. The standard InChI is InChI=1S/C29H33F3N4O5/c1-5-36(27(37)14-24-34-25(39-6-2)15-26(35-24)40-7-3)18-21-13-22(29(30,31)32)9-10-23(21)20-11-19(16-33-17-20)12-28(38)41-8-4/h9-11,13,15-17H,5-8,12,14,18H2,1-4H3. The molecule has 2 heterocycles.